The lowest BCUT2D eigenvalue weighted by atomic mass is 9.77. The van der Waals surface area contributed by atoms with Gasteiger partial charge in [0.15, 0.2) is 0 Å². The van der Waals surface area contributed by atoms with Crippen molar-refractivity contribution in [2.45, 2.75) is 38.9 Å². The molecule has 0 radical (unpaired) electrons. The SMILES string of the molecule is CNCC(=Cc1cnc(F)c(C(=O)O)c1)B1OC(C)(C)C(C)(C)O1. The fourth-order valence-corrected chi connectivity index (χ4v) is 2.31. The Kier molecular flexibility index (Phi) is 5.12. The molecule has 1 aromatic heterocycles. The predicted molar refractivity (Wildman–Crippen MR) is 89.1 cm³/mol. The average Bonchev–Trinajstić information content (AvgIpc) is 2.68. The molecule has 6 nitrogen and oxygen atoms in total. The predicted octanol–water partition coefficient (Wildman–Crippen LogP) is 2.15. The lowest BCUT2D eigenvalue weighted by Gasteiger charge is -2.32. The smallest absolute Gasteiger partial charge is 0.478 e. The molecule has 0 spiro atoms. The number of hydrogen-bond acceptors (Lipinski definition) is 5. The number of likely N-dealkylation sites (N-methyl/N-ethyl adjacent to an activating group) is 1. The summed E-state index contributed by atoms with van der Waals surface area (Å²) < 4.78 is 25.5. The van der Waals surface area contributed by atoms with Gasteiger partial charge in [0.25, 0.3) is 0 Å². The molecule has 1 fully saturated rings. The van der Waals surface area contributed by atoms with Crippen molar-refractivity contribution in [2.24, 2.45) is 0 Å². The molecule has 0 atom stereocenters. The zero-order chi connectivity index (χ0) is 18.1. The maximum atomic E-state index is 13.4. The number of nitrogens with zero attached hydrogens (tertiary/aromatic N) is 1. The van der Waals surface area contributed by atoms with Crippen LogP contribution in [-0.4, -0.2) is 48.0 Å². The van der Waals surface area contributed by atoms with Crippen molar-refractivity contribution >= 4 is 19.2 Å². The quantitative estimate of drug-likeness (QED) is 0.634. The summed E-state index contributed by atoms with van der Waals surface area (Å²) in [5.41, 5.74) is -0.216. The van der Waals surface area contributed by atoms with Crippen LogP contribution in [0.3, 0.4) is 0 Å². The number of aromatic nitrogens is 1. The number of hydrogen-bond donors (Lipinski definition) is 2. The number of halogens is 1. The summed E-state index contributed by atoms with van der Waals surface area (Å²) >= 11 is 0. The summed E-state index contributed by atoms with van der Waals surface area (Å²) in [7, 11) is 1.20. The normalized spacial score (nSPS) is 19.6. The van der Waals surface area contributed by atoms with Crippen molar-refractivity contribution < 1.29 is 23.6 Å². The van der Waals surface area contributed by atoms with Gasteiger partial charge in [0.1, 0.15) is 5.56 Å². The fourth-order valence-electron chi connectivity index (χ4n) is 2.31. The molecule has 8 heteroatoms. The van der Waals surface area contributed by atoms with Gasteiger partial charge >= 0.3 is 13.1 Å². The van der Waals surface area contributed by atoms with Crippen LogP contribution in [0, 0.1) is 5.95 Å². The van der Waals surface area contributed by atoms with Crippen molar-refractivity contribution in [3.8, 4) is 0 Å². The highest BCUT2D eigenvalue weighted by atomic mass is 19.1. The molecule has 0 aliphatic carbocycles. The number of pyridine rings is 1. The Bertz CT molecular complexity index is 660. The highest BCUT2D eigenvalue weighted by Crippen LogP contribution is 2.38. The maximum absolute atomic E-state index is 13.4. The molecule has 0 aromatic carbocycles. The molecule has 0 unspecified atom stereocenters. The van der Waals surface area contributed by atoms with E-state index in [4.69, 9.17) is 14.4 Å². The van der Waals surface area contributed by atoms with Crippen LogP contribution in [-0.2, 0) is 9.31 Å². The van der Waals surface area contributed by atoms with Gasteiger partial charge in [0.05, 0.1) is 11.2 Å². The summed E-state index contributed by atoms with van der Waals surface area (Å²) in [6.45, 7) is 8.27. The molecule has 24 heavy (non-hydrogen) atoms. The molecule has 0 bridgehead atoms. The van der Waals surface area contributed by atoms with Crippen molar-refractivity contribution in [1.82, 2.24) is 10.3 Å². The first-order chi connectivity index (χ1) is 11.1. The topological polar surface area (TPSA) is 80.7 Å². The van der Waals surface area contributed by atoms with Crippen LogP contribution in [0.15, 0.2) is 17.7 Å². The molecule has 2 rings (SSSR count). The van der Waals surface area contributed by atoms with Gasteiger partial charge in [-0.15, -0.1) is 0 Å². The van der Waals surface area contributed by atoms with Crippen LogP contribution in [0.25, 0.3) is 6.08 Å². The molecular formula is C16H22BFN2O4. The Morgan fingerprint density at radius 3 is 2.46 bits per heavy atom. The minimum absolute atomic E-state index is 0.466. The van der Waals surface area contributed by atoms with E-state index in [2.05, 4.69) is 10.3 Å². The summed E-state index contributed by atoms with van der Waals surface area (Å²) in [6, 6.07) is 1.24. The maximum Gasteiger partial charge on any atom is 0.491 e. The summed E-state index contributed by atoms with van der Waals surface area (Å²) in [5, 5.41) is 12.0. The van der Waals surface area contributed by atoms with E-state index in [1.54, 1.807) is 13.1 Å². The van der Waals surface area contributed by atoms with E-state index in [0.29, 0.717) is 12.1 Å². The van der Waals surface area contributed by atoms with Gasteiger partial charge in [-0.1, -0.05) is 6.08 Å². The first kappa shape index (κ1) is 18.6. The van der Waals surface area contributed by atoms with Gasteiger partial charge in [-0.2, -0.15) is 4.39 Å². The van der Waals surface area contributed by atoms with Crippen LogP contribution in [0.2, 0.25) is 0 Å². The molecular weight excluding hydrogens is 314 g/mol. The highest BCUT2D eigenvalue weighted by Gasteiger charge is 2.52. The Morgan fingerprint density at radius 1 is 1.38 bits per heavy atom. The van der Waals surface area contributed by atoms with Crippen molar-refractivity contribution in [3.63, 3.8) is 0 Å². The number of carboxylic acid groups (broad SMARTS) is 1. The fraction of sp³-hybridized carbons (Fsp3) is 0.500. The molecule has 1 saturated heterocycles. The van der Waals surface area contributed by atoms with Gasteiger partial charge < -0.3 is 19.7 Å². The first-order valence-corrected chi connectivity index (χ1v) is 7.67. The molecule has 130 valence electrons. The van der Waals surface area contributed by atoms with Crippen LogP contribution in [0.4, 0.5) is 4.39 Å². The second-order valence-corrected chi connectivity index (χ2v) is 6.75. The van der Waals surface area contributed by atoms with Gasteiger partial charge in [-0.05, 0) is 51.8 Å². The molecule has 0 saturated carbocycles. The third-order valence-corrected chi connectivity index (χ3v) is 4.38. The van der Waals surface area contributed by atoms with Crippen molar-refractivity contribution in [3.05, 3.63) is 34.8 Å². The zero-order valence-electron chi connectivity index (χ0n) is 14.5. The van der Waals surface area contributed by atoms with Crippen LogP contribution >= 0.6 is 0 Å². The van der Waals surface area contributed by atoms with Crippen molar-refractivity contribution in [2.75, 3.05) is 13.6 Å². The highest BCUT2D eigenvalue weighted by molar-refractivity contribution is 6.55. The third-order valence-electron chi connectivity index (χ3n) is 4.38. The van der Waals surface area contributed by atoms with Gasteiger partial charge in [0, 0.05) is 12.7 Å². The molecule has 1 aromatic rings. The summed E-state index contributed by atoms with van der Waals surface area (Å²) in [5.74, 6) is -2.37. The number of carbonyl (C=O) groups is 1. The monoisotopic (exact) mass is 336 g/mol. The number of rotatable bonds is 5. The molecule has 0 amide bonds. The third kappa shape index (κ3) is 3.66. The van der Waals surface area contributed by atoms with Crippen LogP contribution in [0.1, 0.15) is 43.6 Å². The van der Waals surface area contributed by atoms with E-state index in [1.165, 1.54) is 12.3 Å². The molecule has 2 N–H and O–H groups in total. The number of carboxylic acids is 1. The van der Waals surface area contributed by atoms with Gasteiger partial charge in [-0.3, -0.25) is 0 Å². The van der Waals surface area contributed by atoms with Crippen LogP contribution in [0.5, 0.6) is 0 Å². The standard InChI is InChI=1S/C16H22BFN2O4/c1-15(2)16(3,4)24-17(23-15)11(9-19-5)6-10-7-12(14(21)22)13(18)20-8-10/h6-8,19H,9H2,1-5H3,(H,21,22). The van der Waals surface area contributed by atoms with Gasteiger partial charge in [0.2, 0.25) is 5.95 Å². The Hall–Kier alpha value is -1.77. The Morgan fingerprint density at radius 2 is 1.96 bits per heavy atom. The van der Waals surface area contributed by atoms with Gasteiger partial charge in [-0.25, -0.2) is 9.78 Å². The minimum atomic E-state index is -1.36. The average molecular weight is 336 g/mol. The number of nitrogens with one attached hydrogen (secondary N) is 1. The minimum Gasteiger partial charge on any atom is -0.478 e. The van der Waals surface area contributed by atoms with E-state index < -0.39 is 35.8 Å². The van der Waals surface area contributed by atoms with E-state index in [0.717, 1.165) is 5.47 Å². The van der Waals surface area contributed by atoms with E-state index in [9.17, 15) is 9.18 Å². The first-order valence-electron chi connectivity index (χ1n) is 7.67. The number of aromatic carboxylic acids is 1. The van der Waals surface area contributed by atoms with Crippen LogP contribution < -0.4 is 5.32 Å². The van der Waals surface area contributed by atoms with E-state index >= 15 is 0 Å². The second kappa shape index (κ2) is 6.62. The largest absolute Gasteiger partial charge is 0.491 e. The lowest BCUT2D eigenvalue weighted by molar-refractivity contribution is 0.00578. The zero-order valence-corrected chi connectivity index (χ0v) is 14.5. The molecule has 2 heterocycles. The van der Waals surface area contributed by atoms with E-state index in [-0.39, 0.29) is 0 Å². The lowest BCUT2D eigenvalue weighted by Crippen LogP contribution is -2.41. The Balaban J connectivity index is 2.37. The van der Waals surface area contributed by atoms with Crippen molar-refractivity contribution in [1.29, 1.82) is 0 Å². The second-order valence-electron chi connectivity index (χ2n) is 6.75. The molecule has 1 aliphatic rings. The Labute approximate surface area is 141 Å². The molecule has 1 aliphatic heterocycles. The summed E-state index contributed by atoms with van der Waals surface area (Å²) in [4.78, 5) is 14.6. The van der Waals surface area contributed by atoms with E-state index in [1.807, 2.05) is 27.7 Å². The summed E-state index contributed by atoms with van der Waals surface area (Å²) in [6.07, 6.45) is 2.99.